The summed E-state index contributed by atoms with van der Waals surface area (Å²) >= 11 is 8.28. The highest BCUT2D eigenvalue weighted by atomic mass is 33.1. The first-order valence-electron chi connectivity index (χ1n) is 45.0. The summed E-state index contributed by atoms with van der Waals surface area (Å²) in [6, 6.07) is -9.89. The fourth-order valence-electron chi connectivity index (χ4n) is 14.5. The van der Waals surface area contributed by atoms with Crippen LogP contribution in [0.25, 0.3) is 0 Å². The maximum Gasteiger partial charge on any atom is 0.246 e. The number of carbonyl (C=O) groups is 22. The van der Waals surface area contributed by atoms with Crippen molar-refractivity contribution in [3.63, 3.8) is 0 Å². The van der Waals surface area contributed by atoms with E-state index in [1.807, 2.05) is 27.7 Å². The van der Waals surface area contributed by atoms with Crippen LogP contribution in [-0.2, 0) is 118 Å². The van der Waals surface area contributed by atoms with Gasteiger partial charge in [0.15, 0.2) is 0 Å². The van der Waals surface area contributed by atoms with Crippen LogP contribution in [0.15, 0.2) is 48.5 Å². The molecule has 766 valence electrons. The van der Waals surface area contributed by atoms with E-state index in [1.165, 1.54) is 58.3 Å². The molecule has 2 aromatic rings. The van der Waals surface area contributed by atoms with Gasteiger partial charge in [-0.05, 0) is 110 Å². The molecule has 48 nitrogen and oxygen atoms in total. The highest BCUT2D eigenvalue weighted by molar-refractivity contribution is 8.76. The Kier molecular flexibility index (Phi) is 50.5. The first kappa shape index (κ1) is 118. The summed E-state index contributed by atoms with van der Waals surface area (Å²) < 4.78 is 0. The number of nitrogens with zero attached hydrogens (tertiary/aromatic N) is 2. The Hall–Kier alpha value is -12.3. The summed E-state index contributed by atoms with van der Waals surface area (Å²) in [7, 11) is 2.05. The third kappa shape index (κ3) is 40.4. The molecular weight excluding hydrogens is 1880 g/mol. The molecule has 3 saturated heterocycles. The smallest absolute Gasteiger partial charge is 0.246 e. The Balaban J connectivity index is 0.000000576. The molecule has 0 radical (unpaired) electrons. The fraction of sp³-hybridized carbons (Fsp3) is 0.605. The van der Waals surface area contributed by atoms with Crippen molar-refractivity contribution in [2.24, 2.45) is 69.5 Å². The second-order valence-electron chi connectivity index (χ2n) is 34.6. The van der Waals surface area contributed by atoms with Crippen molar-refractivity contribution in [1.29, 1.82) is 0 Å². The van der Waals surface area contributed by atoms with E-state index in [1.54, 1.807) is 27.7 Å². The minimum Gasteiger partial charge on any atom is -0.508 e. The first-order chi connectivity index (χ1) is 64.9. The van der Waals surface area contributed by atoms with Gasteiger partial charge in [-0.1, -0.05) is 114 Å². The Morgan fingerprint density at radius 3 is 1.44 bits per heavy atom. The van der Waals surface area contributed by atoms with Crippen LogP contribution >= 0.6 is 46.8 Å². The molecule has 3 aliphatic rings. The Morgan fingerprint density at radius 1 is 0.471 bits per heavy atom. The second-order valence-corrected chi connectivity index (χ2v) is 37.9. The van der Waals surface area contributed by atoms with Crippen LogP contribution in [0.4, 0.5) is 0 Å². The maximum absolute atomic E-state index is 14.5. The summed E-state index contributed by atoms with van der Waals surface area (Å²) in [5, 5.41) is 54.9. The number of hydrogen-bond acceptors (Lipinski definition) is 30. The van der Waals surface area contributed by atoms with Gasteiger partial charge in [0, 0.05) is 61.8 Å². The number of nitrogens with two attached hydrogens (primary N) is 8. The largest absolute Gasteiger partial charge is 0.508 e. The summed E-state index contributed by atoms with van der Waals surface area (Å²) in [6.45, 7) is 13.2. The fourth-order valence-corrected chi connectivity index (χ4v) is 17.2. The first-order valence-corrected chi connectivity index (χ1v) is 48.7. The van der Waals surface area contributed by atoms with Gasteiger partial charge >= 0.3 is 0 Å². The number of phenolic OH excluding ortho intramolecular Hbond substituents is 2. The molecule has 0 aromatic heterocycles. The van der Waals surface area contributed by atoms with Crippen molar-refractivity contribution in [2.75, 3.05) is 49.2 Å². The summed E-state index contributed by atoms with van der Waals surface area (Å²) in [5.41, 5.74) is 45.3. The topological polar surface area (TPSA) is 799 Å². The van der Waals surface area contributed by atoms with E-state index >= 15 is 0 Å². The molecule has 0 unspecified atom stereocenters. The third-order valence-corrected chi connectivity index (χ3v) is 25.6. The summed E-state index contributed by atoms with van der Waals surface area (Å²) in [4.78, 5) is 293. The van der Waals surface area contributed by atoms with E-state index in [9.17, 15) is 116 Å². The van der Waals surface area contributed by atoms with E-state index in [0.717, 1.165) is 21.6 Å². The summed E-state index contributed by atoms with van der Waals surface area (Å²) in [6.07, 6.45) is -1.37. The quantitative estimate of drug-likeness (QED) is 0.0216. The van der Waals surface area contributed by atoms with Gasteiger partial charge in [0.05, 0.1) is 38.0 Å². The van der Waals surface area contributed by atoms with Crippen molar-refractivity contribution in [1.82, 2.24) is 84.2 Å². The standard InChI is InChI=1S/C43H66N12O12S2.C43H68N12O12S2/c1-5-22(4)35-42(66)49-26(12-13-32(45)57)38(62)51-29(17-33(46)58)39(63)53-30(20-69-68-19-25(44)36(60)50-28(40(64)54-35)16-23-8-10-24(56)11-9-23)43(67)55-14-6-7-31(55)41(65)52-27(15-21(2)3)37(61)48-18-34(47)59;1-5-22(4)35(54-40(64)28(50-36(60)25(44)19-68)16-23-8-10-24(56)11-9-23)42(66)49-26(12-13-32(45)57)38(62)51-29(17-33(46)58)39(63)53-30(20-69)43(67)55-14-6-7-31(55)41(65)52-27(15-21(2)3)37(61)48-18-34(47)59/h8-11,21-22,25-31,35,56H,5-7,12-20,44H2,1-4H3,(H2,45,57)(H2,46,58)(H2,47,59)(H,48,61)(H,49,66)(H,50,60)(H,51,62)(H,52,65)(H,53,63)(H,54,64);8-11,21-22,25-31,35,56,68-69H,5-7,12-20,44H2,1-4H3,(H2,45,57)(H2,46,58)(H2,47,59)(H,48,61)(H,49,66)(H,50,60)(H,51,62)(H,52,65)(H,53,63)(H,54,64)/t2*22-,25-,26+,27-,28-,29-,30-,31-,35-/m00/s1. The van der Waals surface area contributed by atoms with Crippen LogP contribution in [0.1, 0.15) is 156 Å². The Labute approximate surface area is 817 Å². The lowest BCUT2D eigenvalue weighted by molar-refractivity contribution is -0.142. The minimum atomic E-state index is -1.76. The Morgan fingerprint density at radius 2 is 0.942 bits per heavy atom. The molecule has 0 saturated carbocycles. The number of rotatable bonds is 46. The van der Waals surface area contributed by atoms with Crippen molar-refractivity contribution < 1.29 is 116 Å². The van der Waals surface area contributed by atoms with E-state index in [2.05, 4.69) is 99.7 Å². The van der Waals surface area contributed by atoms with Crippen LogP contribution in [0, 0.1) is 23.7 Å². The van der Waals surface area contributed by atoms with Crippen LogP contribution in [0.2, 0.25) is 0 Å². The van der Waals surface area contributed by atoms with Gasteiger partial charge < -0.3 is 140 Å². The van der Waals surface area contributed by atoms with Gasteiger partial charge in [-0.3, -0.25) is 105 Å². The zero-order valence-electron chi connectivity index (χ0n) is 78.2. The molecule has 3 aliphatic heterocycles. The van der Waals surface area contributed by atoms with E-state index in [-0.39, 0.29) is 98.0 Å². The number of amides is 22. The SMILES string of the molecule is CC[C@H](C)[C@@H]1NC(=O)[C@H](Cc2ccc(O)cc2)NC(=O)[C@@H](N)CSSC[C@@H](C(=O)N2CCC[C@H]2C(=O)N[C@@H](CC(C)C)C(=O)NCC(N)=O)NC(=O)[C@H](CC(N)=O)NC(=O)[C@@H](CCC(N)=O)NC1=O.CC[C@H](C)[C@H](NC(=O)[C@H](Cc1ccc(O)cc1)NC(=O)[C@@H](N)CS)C(=O)N[C@H](CCC(N)=O)C(=O)N[C@@H](CC(N)=O)C(=O)N[C@@H](CS)C(=O)N1CCC[C@H]1C(=O)N[C@@H](CC(C)C)C(=O)NCC(N)=O. The maximum atomic E-state index is 14.5. The molecule has 3 fully saturated rings. The highest BCUT2D eigenvalue weighted by Gasteiger charge is 2.45. The van der Waals surface area contributed by atoms with Crippen LogP contribution in [0.5, 0.6) is 11.5 Å². The van der Waals surface area contributed by atoms with Gasteiger partial charge in [0.1, 0.15) is 96.1 Å². The predicted octanol–water partition coefficient (Wildman–Crippen LogP) is -7.75. The monoisotopic (exact) mass is 2010 g/mol. The van der Waals surface area contributed by atoms with Gasteiger partial charge in [-0.2, -0.15) is 25.3 Å². The lowest BCUT2D eigenvalue weighted by Gasteiger charge is -2.31. The number of phenols is 2. The molecular formula is C86H134N24O24S4. The second kappa shape index (κ2) is 59.1. The number of likely N-dealkylation sites (tertiary alicyclic amines) is 2. The normalized spacial score (nSPS) is 20.5. The van der Waals surface area contributed by atoms with Crippen molar-refractivity contribution in [2.45, 2.75) is 255 Å². The van der Waals surface area contributed by atoms with Crippen LogP contribution in [-0.4, -0.2) is 296 Å². The third-order valence-electron chi connectivity index (χ3n) is 22.4. The number of benzene rings is 2. The molecule has 18 atom stereocenters. The van der Waals surface area contributed by atoms with Crippen molar-refractivity contribution in [3.05, 3.63) is 59.7 Å². The number of hydrogen-bond donors (Lipinski definition) is 26. The molecule has 2 aromatic carbocycles. The van der Waals surface area contributed by atoms with Crippen molar-refractivity contribution in [3.8, 4) is 11.5 Å². The van der Waals surface area contributed by atoms with Gasteiger partial charge in [0.25, 0.3) is 0 Å². The predicted molar refractivity (Wildman–Crippen MR) is 512 cm³/mol. The van der Waals surface area contributed by atoms with Crippen LogP contribution < -0.4 is 120 Å². The number of nitrogens with one attached hydrogen (secondary N) is 14. The lowest BCUT2D eigenvalue weighted by atomic mass is 9.96. The molecule has 0 aliphatic carbocycles. The molecule has 0 bridgehead atoms. The highest BCUT2D eigenvalue weighted by Crippen LogP contribution is 2.28. The number of primary amides is 6. The van der Waals surface area contributed by atoms with E-state index in [4.69, 9.17) is 45.9 Å². The van der Waals surface area contributed by atoms with Gasteiger partial charge in [-0.15, -0.1) is 0 Å². The lowest BCUT2D eigenvalue weighted by Crippen LogP contribution is -2.61. The zero-order valence-corrected chi connectivity index (χ0v) is 81.7. The van der Waals surface area contributed by atoms with E-state index < -0.39 is 290 Å². The zero-order chi connectivity index (χ0) is 104. The average Bonchev–Trinajstić information content (AvgIpc) is 1.64. The van der Waals surface area contributed by atoms with Crippen molar-refractivity contribution >= 4 is 177 Å². The van der Waals surface area contributed by atoms with Gasteiger partial charge in [-0.25, -0.2) is 0 Å². The number of thiol groups is 2. The minimum absolute atomic E-state index is 0.0424. The summed E-state index contributed by atoms with van der Waals surface area (Å²) in [5.74, 6) is -20.8. The Bertz CT molecular complexity index is 4620. The number of carbonyl (C=O) groups excluding carboxylic acids is 22. The molecule has 0 spiro atoms. The molecule has 5 rings (SSSR count). The molecule has 3 heterocycles. The van der Waals surface area contributed by atoms with Crippen LogP contribution in [0.3, 0.4) is 0 Å². The molecule has 32 N–H and O–H groups in total. The molecule has 22 amide bonds. The average molecular weight is 2020 g/mol. The number of aromatic hydroxyl groups is 2. The van der Waals surface area contributed by atoms with Gasteiger partial charge in [0.2, 0.25) is 130 Å². The molecule has 138 heavy (non-hydrogen) atoms. The van der Waals surface area contributed by atoms with E-state index in [0.29, 0.717) is 36.8 Å². The molecule has 52 heteroatoms.